The number of carbonyl (C=O) groups excluding carboxylic acids is 1. The molecule has 1 saturated carbocycles. The van der Waals surface area contributed by atoms with Crippen molar-refractivity contribution < 1.29 is 23.1 Å². The Morgan fingerprint density at radius 1 is 1.08 bits per heavy atom. The molecule has 1 fully saturated rings. The number of benzene rings is 2. The molecular weight excluding hydrogens is 529 g/mol. The van der Waals surface area contributed by atoms with E-state index in [2.05, 4.69) is 14.8 Å². The Balaban J connectivity index is 1.46. The summed E-state index contributed by atoms with van der Waals surface area (Å²) in [5.41, 5.74) is 7.58. The number of amides is 1. The van der Waals surface area contributed by atoms with Gasteiger partial charge in [-0.05, 0) is 55.0 Å². The number of primary amides is 1. The molecule has 1 amide bonds. The quantitative estimate of drug-likeness (QED) is 0.288. The first-order valence-electron chi connectivity index (χ1n) is 13.3. The van der Waals surface area contributed by atoms with E-state index in [0.29, 0.717) is 68.6 Å². The number of aromatic hydroxyl groups is 1. The summed E-state index contributed by atoms with van der Waals surface area (Å²) < 4.78 is 42.2. The molecule has 2 aromatic carbocycles. The molecule has 1 aromatic heterocycles. The summed E-state index contributed by atoms with van der Waals surface area (Å²) in [5.74, 6) is -3.32. The average Bonchev–Trinajstić information content (AvgIpc) is 3.29. The van der Waals surface area contributed by atoms with Crippen molar-refractivity contribution in [3.63, 3.8) is 0 Å². The zero-order valence-electron chi connectivity index (χ0n) is 21.8. The molecule has 0 spiro atoms. The number of hydrogen-bond donors (Lipinski definition) is 3. The van der Waals surface area contributed by atoms with Gasteiger partial charge >= 0.3 is 4.87 Å². The first-order chi connectivity index (χ1) is 18.6. The Morgan fingerprint density at radius 2 is 1.85 bits per heavy atom. The first-order valence-corrected chi connectivity index (χ1v) is 14.1. The fourth-order valence-corrected chi connectivity index (χ4v) is 6.15. The summed E-state index contributed by atoms with van der Waals surface area (Å²) in [6.07, 6.45) is 1.85. The number of thiazole rings is 1. The van der Waals surface area contributed by atoms with Crippen LogP contribution in [-0.2, 0) is 17.6 Å². The van der Waals surface area contributed by atoms with Gasteiger partial charge in [-0.25, -0.2) is 13.2 Å². The highest BCUT2D eigenvalue weighted by molar-refractivity contribution is 7.16. The number of rotatable bonds is 13. The van der Waals surface area contributed by atoms with E-state index in [9.17, 15) is 27.9 Å². The van der Waals surface area contributed by atoms with Crippen LogP contribution in [0.2, 0.25) is 0 Å². The van der Waals surface area contributed by atoms with E-state index in [-0.39, 0.29) is 41.7 Å². The number of H-pyrrole nitrogens is 1. The monoisotopic (exact) mass is 564 g/mol. The largest absolute Gasteiger partial charge is 0.506 e. The normalized spacial score (nSPS) is 15.9. The molecule has 1 heterocycles. The molecule has 3 aromatic rings. The van der Waals surface area contributed by atoms with E-state index >= 15 is 0 Å². The van der Waals surface area contributed by atoms with Gasteiger partial charge in [-0.15, -0.1) is 0 Å². The number of phenols is 1. The van der Waals surface area contributed by atoms with Crippen LogP contribution in [0.4, 0.5) is 13.2 Å². The Kier molecular flexibility index (Phi) is 9.68. The van der Waals surface area contributed by atoms with Crippen molar-refractivity contribution in [1.29, 1.82) is 0 Å². The third-order valence-corrected chi connectivity index (χ3v) is 8.45. The molecular formula is C28H35F3N4O3S. The number of carbonyl (C=O) groups is 1. The molecule has 11 heteroatoms. The predicted molar refractivity (Wildman–Crippen MR) is 147 cm³/mol. The minimum absolute atomic E-state index is 0.0107. The number of alkyl halides is 2. The summed E-state index contributed by atoms with van der Waals surface area (Å²) in [6, 6.07) is 9.76. The van der Waals surface area contributed by atoms with Gasteiger partial charge in [0, 0.05) is 58.0 Å². The van der Waals surface area contributed by atoms with Gasteiger partial charge in [0.2, 0.25) is 11.8 Å². The molecule has 4 rings (SSSR count). The van der Waals surface area contributed by atoms with Gasteiger partial charge in [-0.3, -0.25) is 14.5 Å². The predicted octanol–water partition coefficient (Wildman–Crippen LogP) is 4.28. The number of aromatic amines is 1. The van der Waals surface area contributed by atoms with Crippen LogP contribution < -0.4 is 10.6 Å². The minimum Gasteiger partial charge on any atom is -0.506 e. The summed E-state index contributed by atoms with van der Waals surface area (Å²) in [7, 11) is 0. The van der Waals surface area contributed by atoms with Crippen LogP contribution in [0.15, 0.2) is 41.2 Å². The van der Waals surface area contributed by atoms with Gasteiger partial charge in [0.15, 0.2) is 0 Å². The van der Waals surface area contributed by atoms with Crippen LogP contribution >= 0.6 is 11.3 Å². The number of fused-ring (bicyclic) bond motifs is 1. The lowest BCUT2D eigenvalue weighted by atomic mass is 9.91. The summed E-state index contributed by atoms with van der Waals surface area (Å²) in [6.45, 7) is 2.84. The maximum Gasteiger partial charge on any atom is 0.305 e. The van der Waals surface area contributed by atoms with Gasteiger partial charge in [0.25, 0.3) is 0 Å². The topological polar surface area (TPSA) is 103 Å². The van der Waals surface area contributed by atoms with Crippen LogP contribution in [0, 0.1) is 5.82 Å². The molecule has 0 radical (unpaired) electrons. The number of nitrogens with zero attached hydrogens (tertiary/aromatic N) is 2. The van der Waals surface area contributed by atoms with Crippen LogP contribution in [-0.4, -0.2) is 70.5 Å². The van der Waals surface area contributed by atoms with Crippen LogP contribution in [0.3, 0.4) is 0 Å². The van der Waals surface area contributed by atoms with E-state index in [1.807, 2.05) is 6.07 Å². The Hall–Kier alpha value is -2.89. The summed E-state index contributed by atoms with van der Waals surface area (Å²) >= 11 is 1.05. The van der Waals surface area contributed by atoms with E-state index in [4.69, 9.17) is 5.73 Å². The standard InChI is InChI=1S/C28H35F3N4O3S/c29-21-3-1-2-19(18-21)8-13-34(14-10-24(32)37)16-17-35(22-6-11-28(30,31)12-7-22)15-9-20-4-5-23(36)25-26(20)39-27(38)33-25/h1-5,18,22,36H,6-17H2,(H2,32,37)(H,33,38). The van der Waals surface area contributed by atoms with Crippen molar-refractivity contribution in [2.75, 3.05) is 32.7 Å². The van der Waals surface area contributed by atoms with Gasteiger partial charge in [0.05, 0.1) is 4.70 Å². The maximum atomic E-state index is 13.9. The Bertz CT molecular complexity index is 1320. The number of hydrogen-bond acceptors (Lipinski definition) is 6. The third kappa shape index (κ3) is 8.30. The highest BCUT2D eigenvalue weighted by Gasteiger charge is 2.36. The smallest absolute Gasteiger partial charge is 0.305 e. The lowest BCUT2D eigenvalue weighted by Crippen LogP contribution is -2.45. The van der Waals surface area contributed by atoms with E-state index in [0.717, 1.165) is 22.5 Å². The zero-order chi connectivity index (χ0) is 28.0. The third-order valence-electron chi connectivity index (χ3n) is 7.49. The Morgan fingerprint density at radius 3 is 2.56 bits per heavy atom. The van der Waals surface area contributed by atoms with E-state index in [1.165, 1.54) is 12.1 Å². The van der Waals surface area contributed by atoms with Crippen LogP contribution in [0.25, 0.3) is 10.2 Å². The minimum atomic E-state index is -2.64. The molecule has 0 aliphatic heterocycles. The van der Waals surface area contributed by atoms with Crippen molar-refractivity contribution in [3.8, 4) is 5.75 Å². The van der Waals surface area contributed by atoms with Crippen LogP contribution in [0.5, 0.6) is 5.75 Å². The molecule has 1 aliphatic carbocycles. The lowest BCUT2D eigenvalue weighted by Gasteiger charge is -2.38. The highest BCUT2D eigenvalue weighted by Crippen LogP contribution is 2.35. The second kappa shape index (κ2) is 13.0. The average molecular weight is 565 g/mol. The molecule has 0 unspecified atom stereocenters. The van der Waals surface area contributed by atoms with Gasteiger partial charge in [-0.2, -0.15) is 0 Å². The molecule has 212 valence electrons. The van der Waals surface area contributed by atoms with Crippen molar-refractivity contribution >= 4 is 27.5 Å². The molecule has 1 aliphatic rings. The van der Waals surface area contributed by atoms with Gasteiger partial charge in [0.1, 0.15) is 17.1 Å². The Labute approximate surface area is 229 Å². The molecule has 0 bridgehead atoms. The van der Waals surface area contributed by atoms with Gasteiger partial charge < -0.3 is 20.7 Å². The number of nitrogens with one attached hydrogen (secondary N) is 1. The van der Waals surface area contributed by atoms with Crippen molar-refractivity contribution in [2.45, 2.75) is 56.9 Å². The fourth-order valence-electron chi connectivity index (χ4n) is 5.25. The van der Waals surface area contributed by atoms with Crippen molar-refractivity contribution in [1.82, 2.24) is 14.8 Å². The van der Waals surface area contributed by atoms with Crippen LogP contribution in [0.1, 0.15) is 43.2 Å². The number of halogens is 3. The van der Waals surface area contributed by atoms with Gasteiger partial charge in [-0.1, -0.05) is 29.5 Å². The van der Waals surface area contributed by atoms with E-state index < -0.39 is 11.8 Å². The van der Waals surface area contributed by atoms with Crippen molar-refractivity contribution in [3.05, 3.63) is 63.0 Å². The van der Waals surface area contributed by atoms with Crippen molar-refractivity contribution in [2.24, 2.45) is 5.73 Å². The first kappa shape index (κ1) is 29.1. The second-order valence-electron chi connectivity index (χ2n) is 10.3. The van der Waals surface area contributed by atoms with E-state index in [1.54, 1.807) is 18.2 Å². The summed E-state index contributed by atoms with van der Waals surface area (Å²) in [5, 5.41) is 10.1. The number of nitrogens with two attached hydrogens (primary N) is 1. The SMILES string of the molecule is NC(=O)CCN(CCc1cccc(F)c1)CCN(CCc1ccc(O)c2[nH]c(=O)sc12)C1CCC(F)(F)CC1. The lowest BCUT2D eigenvalue weighted by molar-refractivity contribution is -0.118. The molecule has 0 saturated heterocycles. The molecule has 39 heavy (non-hydrogen) atoms. The number of aromatic nitrogens is 1. The maximum absolute atomic E-state index is 13.9. The zero-order valence-corrected chi connectivity index (χ0v) is 22.6. The molecule has 0 atom stereocenters. The highest BCUT2D eigenvalue weighted by atomic mass is 32.1. The summed E-state index contributed by atoms with van der Waals surface area (Å²) in [4.78, 5) is 30.2. The molecule has 4 N–H and O–H groups in total. The number of phenolic OH excluding ortho intramolecular Hbond substituents is 1. The molecule has 7 nitrogen and oxygen atoms in total. The second-order valence-corrected chi connectivity index (χ2v) is 11.3. The fraction of sp³-hybridized carbons (Fsp3) is 0.500.